The number of nitrogens with one attached hydrogen (secondary N) is 1. The summed E-state index contributed by atoms with van der Waals surface area (Å²) in [6, 6.07) is 7.63. The van der Waals surface area contributed by atoms with Crippen LogP contribution in [0, 0.1) is 0 Å². The second kappa shape index (κ2) is 7.27. The minimum absolute atomic E-state index is 0.152. The van der Waals surface area contributed by atoms with Crippen LogP contribution < -0.4 is 10.1 Å². The summed E-state index contributed by atoms with van der Waals surface area (Å²) in [6.45, 7) is 5.31. The van der Waals surface area contributed by atoms with Gasteiger partial charge in [0.1, 0.15) is 5.75 Å². The maximum Gasteiger partial charge on any atom is 0.155 e. The molecule has 2 rings (SSSR count). The topological polar surface area (TPSA) is 55.4 Å². The lowest BCUT2D eigenvalue weighted by Crippen LogP contribution is -2.40. The van der Waals surface area contributed by atoms with E-state index in [4.69, 9.17) is 4.74 Å². The normalized spacial score (nSPS) is 22.7. The first-order chi connectivity index (χ1) is 10.1. The van der Waals surface area contributed by atoms with E-state index >= 15 is 0 Å². The van der Waals surface area contributed by atoms with Crippen molar-refractivity contribution in [3.05, 3.63) is 29.8 Å². The van der Waals surface area contributed by atoms with Gasteiger partial charge in [0.25, 0.3) is 0 Å². The van der Waals surface area contributed by atoms with E-state index in [0.29, 0.717) is 12.4 Å². The van der Waals surface area contributed by atoms with Crippen LogP contribution in [0.25, 0.3) is 0 Å². The third-order valence-electron chi connectivity index (χ3n) is 3.95. The fourth-order valence-corrected chi connectivity index (χ4v) is 5.11. The van der Waals surface area contributed by atoms with Crippen molar-refractivity contribution < 1.29 is 13.2 Å². The van der Waals surface area contributed by atoms with Crippen LogP contribution in [-0.4, -0.2) is 32.6 Å². The molecule has 1 N–H and O–H groups in total. The Morgan fingerprint density at radius 3 is 2.81 bits per heavy atom. The van der Waals surface area contributed by atoms with Crippen LogP contribution in [0.5, 0.6) is 5.75 Å². The van der Waals surface area contributed by atoms with Crippen molar-refractivity contribution in [2.45, 2.75) is 44.4 Å². The molecule has 0 radical (unpaired) electrons. The molecule has 0 saturated carbocycles. The molecule has 118 valence electrons. The van der Waals surface area contributed by atoms with Crippen molar-refractivity contribution in [3.8, 4) is 5.75 Å². The van der Waals surface area contributed by atoms with Gasteiger partial charge >= 0.3 is 0 Å². The van der Waals surface area contributed by atoms with Crippen LogP contribution in [0.1, 0.15) is 44.7 Å². The summed E-state index contributed by atoms with van der Waals surface area (Å²) in [5.41, 5.74) is 0.998. The van der Waals surface area contributed by atoms with Crippen molar-refractivity contribution in [1.82, 2.24) is 5.32 Å². The number of hydrogen-bond donors (Lipinski definition) is 1. The summed E-state index contributed by atoms with van der Waals surface area (Å²) in [5.74, 6) is 1.11. The highest BCUT2D eigenvalue weighted by Gasteiger charge is 2.36. The summed E-state index contributed by atoms with van der Waals surface area (Å²) >= 11 is 0. The zero-order valence-corrected chi connectivity index (χ0v) is 13.7. The standard InChI is InChI=1S/C16H25NO3S/c1-3-17-16(15-10-5-6-11-21(15,18)19)13-8-7-9-14(12-13)20-4-2/h7-9,12,15-17H,3-6,10-11H2,1-2H3. The number of rotatable bonds is 6. The van der Waals surface area contributed by atoms with Gasteiger partial charge < -0.3 is 10.1 Å². The molecular formula is C16H25NO3S. The maximum absolute atomic E-state index is 12.4. The molecule has 21 heavy (non-hydrogen) atoms. The first-order valence-electron chi connectivity index (χ1n) is 7.76. The molecule has 4 nitrogen and oxygen atoms in total. The van der Waals surface area contributed by atoms with E-state index in [2.05, 4.69) is 5.32 Å². The number of hydrogen-bond acceptors (Lipinski definition) is 4. The molecule has 0 amide bonds. The molecule has 2 unspecified atom stereocenters. The van der Waals surface area contributed by atoms with Gasteiger partial charge in [-0.2, -0.15) is 0 Å². The molecular weight excluding hydrogens is 286 g/mol. The van der Waals surface area contributed by atoms with Crippen molar-refractivity contribution in [2.24, 2.45) is 0 Å². The van der Waals surface area contributed by atoms with Crippen molar-refractivity contribution in [2.75, 3.05) is 18.9 Å². The summed E-state index contributed by atoms with van der Waals surface area (Å²) < 4.78 is 30.4. The van der Waals surface area contributed by atoms with E-state index < -0.39 is 9.84 Å². The molecule has 0 bridgehead atoms. The molecule has 1 aliphatic rings. The third kappa shape index (κ3) is 3.98. The average molecular weight is 311 g/mol. The smallest absolute Gasteiger partial charge is 0.155 e. The van der Waals surface area contributed by atoms with E-state index in [1.165, 1.54) is 0 Å². The van der Waals surface area contributed by atoms with E-state index in [0.717, 1.165) is 37.1 Å². The van der Waals surface area contributed by atoms with E-state index in [1.54, 1.807) is 0 Å². The Labute approximate surface area is 127 Å². The van der Waals surface area contributed by atoms with Gasteiger partial charge in [-0.05, 0) is 44.0 Å². The third-order valence-corrected chi connectivity index (χ3v) is 6.24. The molecule has 1 aliphatic heterocycles. The van der Waals surface area contributed by atoms with Crippen LogP contribution in [0.15, 0.2) is 24.3 Å². The lowest BCUT2D eigenvalue weighted by molar-refractivity contribution is 0.339. The van der Waals surface area contributed by atoms with Crippen molar-refractivity contribution >= 4 is 9.84 Å². The first kappa shape index (κ1) is 16.3. The van der Waals surface area contributed by atoms with E-state index in [-0.39, 0.29) is 11.3 Å². The second-order valence-corrected chi connectivity index (χ2v) is 7.78. The van der Waals surface area contributed by atoms with Gasteiger partial charge in [-0.1, -0.05) is 25.5 Å². The lowest BCUT2D eigenvalue weighted by atomic mass is 9.99. The zero-order valence-electron chi connectivity index (χ0n) is 12.8. The van der Waals surface area contributed by atoms with Crippen molar-refractivity contribution in [3.63, 3.8) is 0 Å². The monoisotopic (exact) mass is 311 g/mol. The minimum atomic E-state index is -3.02. The highest BCUT2D eigenvalue weighted by molar-refractivity contribution is 7.92. The quantitative estimate of drug-likeness (QED) is 0.877. The lowest BCUT2D eigenvalue weighted by Gasteiger charge is -2.31. The molecule has 0 spiro atoms. The van der Waals surface area contributed by atoms with Gasteiger partial charge in [-0.25, -0.2) is 8.42 Å². The average Bonchev–Trinajstić information content (AvgIpc) is 2.46. The molecule has 1 aromatic carbocycles. The fourth-order valence-electron chi connectivity index (χ4n) is 3.00. The Morgan fingerprint density at radius 2 is 2.14 bits per heavy atom. The summed E-state index contributed by atoms with van der Waals surface area (Å²) in [4.78, 5) is 0. The van der Waals surface area contributed by atoms with Gasteiger partial charge in [0.15, 0.2) is 9.84 Å². The van der Waals surface area contributed by atoms with Gasteiger partial charge in [0, 0.05) is 6.04 Å². The van der Waals surface area contributed by atoms with Gasteiger partial charge in [0.05, 0.1) is 17.6 Å². The largest absolute Gasteiger partial charge is 0.494 e. The zero-order chi connectivity index (χ0) is 15.3. The van der Waals surface area contributed by atoms with E-state index in [9.17, 15) is 8.42 Å². The Bertz CT molecular complexity index is 556. The van der Waals surface area contributed by atoms with Gasteiger partial charge in [-0.3, -0.25) is 0 Å². The highest BCUT2D eigenvalue weighted by Crippen LogP contribution is 2.32. The fraction of sp³-hybridized carbons (Fsp3) is 0.625. The molecule has 0 aliphatic carbocycles. The molecule has 1 fully saturated rings. The number of ether oxygens (including phenoxy) is 1. The SMILES string of the molecule is CCNC(c1cccc(OCC)c1)C1CCCCS1(=O)=O. The van der Waals surface area contributed by atoms with Crippen LogP contribution >= 0.6 is 0 Å². The Kier molecular flexibility index (Phi) is 5.65. The maximum atomic E-state index is 12.4. The predicted molar refractivity (Wildman–Crippen MR) is 85.5 cm³/mol. The first-order valence-corrected chi connectivity index (χ1v) is 9.47. The van der Waals surface area contributed by atoms with Crippen LogP contribution in [-0.2, 0) is 9.84 Å². The summed E-state index contributed by atoms with van der Waals surface area (Å²) in [7, 11) is -3.02. The molecule has 2 atom stereocenters. The van der Waals surface area contributed by atoms with Crippen LogP contribution in [0.3, 0.4) is 0 Å². The predicted octanol–water partition coefficient (Wildman–Crippen LogP) is 2.70. The molecule has 1 saturated heterocycles. The number of sulfone groups is 1. The summed E-state index contributed by atoms with van der Waals surface area (Å²) in [5, 5.41) is 3.03. The van der Waals surface area contributed by atoms with Crippen LogP contribution in [0.2, 0.25) is 0 Å². The Morgan fingerprint density at radius 1 is 1.33 bits per heavy atom. The highest BCUT2D eigenvalue weighted by atomic mass is 32.2. The molecule has 1 heterocycles. The van der Waals surface area contributed by atoms with Crippen molar-refractivity contribution in [1.29, 1.82) is 0 Å². The second-order valence-electron chi connectivity index (χ2n) is 5.44. The minimum Gasteiger partial charge on any atom is -0.494 e. The number of benzene rings is 1. The van der Waals surface area contributed by atoms with E-state index in [1.807, 2.05) is 38.1 Å². The summed E-state index contributed by atoms with van der Waals surface area (Å²) in [6.07, 6.45) is 2.51. The Hall–Kier alpha value is -1.07. The van der Waals surface area contributed by atoms with Gasteiger partial charge in [0.2, 0.25) is 0 Å². The molecule has 0 aromatic heterocycles. The molecule has 1 aromatic rings. The Balaban J connectivity index is 2.31. The van der Waals surface area contributed by atoms with Crippen LogP contribution in [0.4, 0.5) is 0 Å². The molecule has 5 heteroatoms. The van der Waals surface area contributed by atoms with Gasteiger partial charge in [-0.15, -0.1) is 0 Å².